The van der Waals surface area contributed by atoms with Gasteiger partial charge in [-0.15, -0.1) is 0 Å². The number of hydrogen-bond acceptors (Lipinski definition) is 7. The number of nitrogens with zero attached hydrogens (tertiary/aromatic N) is 6. The predicted octanol–water partition coefficient (Wildman–Crippen LogP) is 5.05. The van der Waals surface area contributed by atoms with Gasteiger partial charge in [-0.05, 0) is 47.0 Å². The molecule has 0 radical (unpaired) electrons. The van der Waals surface area contributed by atoms with E-state index in [1.807, 2.05) is 29.1 Å². The first-order chi connectivity index (χ1) is 18.5. The molecule has 3 heterocycles. The van der Waals surface area contributed by atoms with Crippen molar-refractivity contribution in [1.82, 2.24) is 23.9 Å². The van der Waals surface area contributed by atoms with Gasteiger partial charge in [0, 0.05) is 37.8 Å². The van der Waals surface area contributed by atoms with Crippen molar-refractivity contribution >= 4 is 78.4 Å². The highest BCUT2D eigenvalue weighted by Gasteiger charge is 2.30. The van der Waals surface area contributed by atoms with Crippen LogP contribution in [0.5, 0.6) is 0 Å². The van der Waals surface area contributed by atoms with Crippen LogP contribution in [-0.4, -0.2) is 51.5 Å². The van der Waals surface area contributed by atoms with Crippen LogP contribution in [0, 0.1) is 5.92 Å². The van der Waals surface area contributed by atoms with Gasteiger partial charge in [0.15, 0.2) is 11.5 Å². The number of fused-ring (bicyclic) bond motifs is 1. The third kappa shape index (κ3) is 5.70. The molecule has 0 saturated heterocycles. The third-order valence-corrected chi connectivity index (χ3v) is 9.47. The van der Waals surface area contributed by atoms with E-state index in [4.69, 9.17) is 0 Å². The summed E-state index contributed by atoms with van der Waals surface area (Å²) in [6.45, 7) is 0. The average Bonchev–Trinajstić information content (AvgIpc) is 3.54. The maximum Gasteiger partial charge on any atom is 0.295 e. The van der Waals surface area contributed by atoms with Crippen molar-refractivity contribution in [2.24, 2.45) is 13.0 Å². The largest absolute Gasteiger partial charge is 0.352 e. The second kappa shape index (κ2) is 10.6. The van der Waals surface area contributed by atoms with E-state index in [2.05, 4.69) is 25.6 Å². The third-order valence-electron chi connectivity index (χ3n) is 6.23. The number of hydrogen-bond donors (Lipinski definition) is 2. The Morgan fingerprint density at radius 1 is 1.23 bits per heavy atom. The Balaban J connectivity index is 1.65. The maximum atomic E-state index is 13.9. The smallest absolute Gasteiger partial charge is 0.295 e. The van der Waals surface area contributed by atoms with E-state index in [1.54, 1.807) is 35.3 Å². The summed E-state index contributed by atoms with van der Waals surface area (Å²) in [5.41, 5.74) is 2.64. The average molecular weight is 688 g/mol. The minimum atomic E-state index is -3.67. The topological polar surface area (TPSA) is 127 Å². The van der Waals surface area contributed by atoms with Crippen molar-refractivity contribution in [3.8, 4) is 11.3 Å². The van der Waals surface area contributed by atoms with Gasteiger partial charge in [0.1, 0.15) is 11.3 Å². The lowest BCUT2D eigenvalue weighted by molar-refractivity contribution is -0.117. The molecule has 0 aliphatic heterocycles. The van der Waals surface area contributed by atoms with Crippen LogP contribution >= 0.6 is 28.4 Å². The molecule has 1 aromatic carbocycles. The molecule has 2 N–H and O–H groups in total. The molecular formula is C23H24F2IN8O3PS. The maximum absolute atomic E-state index is 13.9. The molecule has 1 aliphatic carbocycles. The van der Waals surface area contributed by atoms with Crippen molar-refractivity contribution in [1.29, 1.82) is 0 Å². The summed E-state index contributed by atoms with van der Waals surface area (Å²) in [5, 5.41) is 5.94. The highest BCUT2D eigenvalue weighted by atomic mass is 127. The second-order valence-electron chi connectivity index (χ2n) is 9.19. The number of aromatic nitrogens is 5. The molecule has 1 amide bonds. The first kappa shape index (κ1) is 27.6. The monoisotopic (exact) mass is 688 g/mol. The number of halogens is 3. The standard InChI is InChI=1S/C23H24F2IN8O3PS/c1-32-10-16(27-11-32)13-6-7-14(17(8-13)33(2)39(3,36)37)28-15-9-18(30-23(35)12-4-5-12)29-21-19(15)31-22(20(24)25)34(21)38-26/h6-12,20,38H,4-5H2,1-3H3,(H2,28,29,30,35). The molecule has 1 aliphatic rings. The molecule has 0 spiro atoms. The number of amides is 1. The Kier molecular flexibility index (Phi) is 7.50. The van der Waals surface area contributed by atoms with Gasteiger partial charge in [-0.1, -0.05) is 6.07 Å². The van der Waals surface area contributed by atoms with E-state index < -0.39 is 22.3 Å². The zero-order chi connectivity index (χ0) is 28.1. The van der Waals surface area contributed by atoms with E-state index in [9.17, 15) is 22.0 Å². The minimum absolute atomic E-state index is 0.0963. The summed E-state index contributed by atoms with van der Waals surface area (Å²) in [6, 6.07) is 6.65. The molecule has 39 heavy (non-hydrogen) atoms. The van der Waals surface area contributed by atoms with Crippen molar-refractivity contribution in [3.63, 3.8) is 0 Å². The van der Waals surface area contributed by atoms with Gasteiger partial charge < -0.3 is 15.2 Å². The fourth-order valence-corrected chi connectivity index (χ4v) is 6.38. The molecule has 1 unspecified atom stereocenters. The number of sulfonamides is 1. The Bertz CT molecular complexity index is 1690. The molecule has 4 aromatic rings. The fraction of sp³-hybridized carbons (Fsp3) is 0.304. The van der Waals surface area contributed by atoms with Crippen LogP contribution < -0.4 is 14.9 Å². The van der Waals surface area contributed by atoms with E-state index in [0.717, 1.165) is 23.4 Å². The highest BCUT2D eigenvalue weighted by molar-refractivity contribution is 14.2. The number of imidazole rings is 2. The van der Waals surface area contributed by atoms with Crippen LogP contribution in [0.15, 0.2) is 36.8 Å². The van der Waals surface area contributed by atoms with Crippen LogP contribution in [0.25, 0.3) is 22.4 Å². The zero-order valence-electron chi connectivity index (χ0n) is 21.0. The SMILES string of the molecule is CN(c1cc(-c2cn(C)cn2)ccc1Nc1cc(NC(=O)C2CC2)nc2c1nc(C(F)F)n2PI)S(C)(=O)=O. The van der Waals surface area contributed by atoms with Crippen LogP contribution in [-0.2, 0) is 21.9 Å². The molecule has 11 nitrogen and oxygen atoms in total. The summed E-state index contributed by atoms with van der Waals surface area (Å²) in [7, 11) is -0.426. The van der Waals surface area contributed by atoms with Crippen molar-refractivity contribution in [3.05, 3.63) is 42.6 Å². The summed E-state index contributed by atoms with van der Waals surface area (Å²) in [6.07, 6.45) is 3.12. The Hall–Kier alpha value is -2.91. The quantitative estimate of drug-likeness (QED) is 0.186. The number of anilines is 4. The minimum Gasteiger partial charge on any atom is -0.352 e. The molecule has 1 fully saturated rings. The number of carbonyl (C=O) groups excluding carboxylic acids is 1. The lowest BCUT2D eigenvalue weighted by Gasteiger charge is -2.22. The van der Waals surface area contributed by atoms with E-state index in [-0.39, 0.29) is 40.9 Å². The first-order valence-electron chi connectivity index (χ1n) is 11.7. The Morgan fingerprint density at radius 3 is 2.56 bits per heavy atom. The predicted molar refractivity (Wildman–Crippen MR) is 157 cm³/mol. The Morgan fingerprint density at radius 2 is 1.97 bits per heavy atom. The number of nitrogens with one attached hydrogen (secondary N) is 2. The van der Waals surface area contributed by atoms with Crippen LogP contribution in [0.4, 0.5) is 31.7 Å². The molecule has 16 heteroatoms. The van der Waals surface area contributed by atoms with Gasteiger partial charge in [-0.3, -0.25) is 13.4 Å². The number of aryl methyl sites for hydroxylation is 1. The first-order valence-corrected chi connectivity index (χ1v) is 17.6. The van der Waals surface area contributed by atoms with Crippen LogP contribution in [0.1, 0.15) is 25.1 Å². The molecule has 3 aromatic heterocycles. The summed E-state index contributed by atoms with van der Waals surface area (Å²) in [5.74, 6) is -0.553. The lowest BCUT2D eigenvalue weighted by atomic mass is 10.1. The summed E-state index contributed by atoms with van der Waals surface area (Å²) >= 11 is 1.97. The normalized spacial score (nSPS) is 14.0. The number of rotatable bonds is 9. The molecule has 1 atom stereocenters. The lowest BCUT2D eigenvalue weighted by Crippen LogP contribution is -2.25. The summed E-state index contributed by atoms with van der Waals surface area (Å²) in [4.78, 5) is 25.4. The van der Waals surface area contributed by atoms with Gasteiger partial charge in [0.25, 0.3) is 6.43 Å². The van der Waals surface area contributed by atoms with Crippen LogP contribution in [0.3, 0.4) is 0 Å². The van der Waals surface area contributed by atoms with Gasteiger partial charge >= 0.3 is 0 Å². The second-order valence-corrected chi connectivity index (χ2v) is 13.3. The zero-order valence-corrected chi connectivity index (χ0v) is 25.0. The number of alkyl halides is 2. The van der Waals surface area contributed by atoms with Gasteiger partial charge in [0.05, 0.1) is 41.7 Å². The van der Waals surface area contributed by atoms with Crippen molar-refractivity contribution < 1.29 is 22.0 Å². The molecule has 1 saturated carbocycles. The number of benzene rings is 1. The molecule has 206 valence electrons. The molecule has 5 rings (SSSR count). The van der Waals surface area contributed by atoms with Gasteiger partial charge in [-0.25, -0.2) is 32.2 Å². The van der Waals surface area contributed by atoms with E-state index in [0.29, 0.717) is 22.6 Å². The van der Waals surface area contributed by atoms with Crippen molar-refractivity contribution in [2.45, 2.75) is 19.3 Å². The molecule has 0 bridgehead atoms. The van der Waals surface area contributed by atoms with Crippen LogP contribution in [0.2, 0.25) is 0 Å². The fourth-order valence-electron chi connectivity index (χ4n) is 3.97. The van der Waals surface area contributed by atoms with E-state index >= 15 is 0 Å². The summed E-state index contributed by atoms with van der Waals surface area (Å²) < 4.78 is 57.0. The van der Waals surface area contributed by atoms with Crippen molar-refractivity contribution in [2.75, 3.05) is 28.2 Å². The van der Waals surface area contributed by atoms with Gasteiger partial charge in [0.2, 0.25) is 15.9 Å². The highest BCUT2D eigenvalue weighted by Crippen LogP contribution is 2.40. The van der Waals surface area contributed by atoms with Gasteiger partial charge in [-0.2, -0.15) is 0 Å². The Labute approximate surface area is 237 Å². The number of pyridine rings is 1. The molecular weight excluding hydrogens is 664 g/mol. The van der Waals surface area contributed by atoms with E-state index in [1.165, 1.54) is 17.5 Å². The number of carbonyl (C=O) groups is 1.